The Morgan fingerprint density at radius 1 is 1.08 bits per heavy atom. The number of aromatic nitrogens is 1. The van der Waals surface area contributed by atoms with Crippen molar-refractivity contribution >= 4 is 22.6 Å². The molecule has 130 valence electrons. The fourth-order valence-corrected chi connectivity index (χ4v) is 2.93. The standard InChI is InChI=1S/C21H18N2O3/c1-13-7-18-16(11-25-19(18)8-14(13)2)9-21(24)23-17-5-3-15(4-6-17)20-10-22-12-26-20/h3-8,10-12H,9H2,1-2H3,(H,23,24). The average Bonchev–Trinajstić information content (AvgIpc) is 3.27. The van der Waals surface area contributed by atoms with Gasteiger partial charge in [0, 0.05) is 22.2 Å². The lowest BCUT2D eigenvalue weighted by Crippen LogP contribution is -2.14. The molecule has 0 atom stereocenters. The van der Waals surface area contributed by atoms with Gasteiger partial charge in [-0.1, -0.05) is 0 Å². The molecule has 0 saturated carbocycles. The van der Waals surface area contributed by atoms with Crippen LogP contribution in [0.2, 0.25) is 0 Å². The maximum atomic E-state index is 12.4. The van der Waals surface area contributed by atoms with Crippen LogP contribution in [0.3, 0.4) is 0 Å². The fraction of sp³-hybridized carbons (Fsp3) is 0.143. The number of carbonyl (C=O) groups excluding carboxylic acids is 1. The Morgan fingerprint density at radius 2 is 1.85 bits per heavy atom. The van der Waals surface area contributed by atoms with Gasteiger partial charge in [-0.15, -0.1) is 0 Å². The van der Waals surface area contributed by atoms with E-state index in [0.29, 0.717) is 5.76 Å². The number of oxazole rings is 1. The van der Waals surface area contributed by atoms with Crippen LogP contribution >= 0.6 is 0 Å². The van der Waals surface area contributed by atoms with Crippen molar-refractivity contribution in [1.82, 2.24) is 4.98 Å². The van der Waals surface area contributed by atoms with Crippen LogP contribution in [0.5, 0.6) is 0 Å². The highest BCUT2D eigenvalue weighted by Gasteiger charge is 2.12. The predicted octanol–water partition coefficient (Wildman–Crippen LogP) is 4.89. The van der Waals surface area contributed by atoms with Crippen LogP contribution in [-0.2, 0) is 11.2 Å². The van der Waals surface area contributed by atoms with Crippen molar-refractivity contribution in [1.29, 1.82) is 0 Å². The third kappa shape index (κ3) is 3.11. The van der Waals surface area contributed by atoms with E-state index in [-0.39, 0.29) is 12.3 Å². The Morgan fingerprint density at radius 3 is 2.58 bits per heavy atom. The number of furan rings is 1. The van der Waals surface area contributed by atoms with Gasteiger partial charge in [0.1, 0.15) is 5.58 Å². The van der Waals surface area contributed by atoms with Crippen LogP contribution in [0, 0.1) is 13.8 Å². The molecule has 4 aromatic rings. The fourth-order valence-electron chi connectivity index (χ4n) is 2.93. The summed E-state index contributed by atoms with van der Waals surface area (Å²) in [4.78, 5) is 16.3. The van der Waals surface area contributed by atoms with Crippen molar-refractivity contribution in [3.8, 4) is 11.3 Å². The van der Waals surface area contributed by atoms with E-state index < -0.39 is 0 Å². The Balaban J connectivity index is 1.48. The van der Waals surface area contributed by atoms with Crippen LogP contribution < -0.4 is 5.32 Å². The van der Waals surface area contributed by atoms with Gasteiger partial charge in [0.05, 0.1) is 18.9 Å². The Hall–Kier alpha value is -3.34. The molecule has 0 aliphatic carbocycles. The zero-order valence-corrected chi connectivity index (χ0v) is 14.6. The molecular formula is C21H18N2O3. The van der Waals surface area contributed by atoms with Gasteiger partial charge in [0.2, 0.25) is 5.91 Å². The Labute approximate surface area is 150 Å². The third-order valence-electron chi connectivity index (χ3n) is 4.51. The average molecular weight is 346 g/mol. The molecule has 0 aliphatic heterocycles. The van der Waals surface area contributed by atoms with E-state index in [2.05, 4.69) is 23.3 Å². The van der Waals surface area contributed by atoms with E-state index in [0.717, 1.165) is 27.8 Å². The van der Waals surface area contributed by atoms with Gasteiger partial charge >= 0.3 is 0 Å². The maximum Gasteiger partial charge on any atom is 0.228 e. The molecule has 0 spiro atoms. The number of anilines is 1. The number of amides is 1. The van der Waals surface area contributed by atoms with E-state index in [9.17, 15) is 4.79 Å². The molecule has 26 heavy (non-hydrogen) atoms. The summed E-state index contributed by atoms with van der Waals surface area (Å²) in [6.07, 6.45) is 4.97. The van der Waals surface area contributed by atoms with Crippen molar-refractivity contribution in [2.75, 3.05) is 5.32 Å². The number of aryl methyl sites for hydroxylation is 2. The van der Waals surface area contributed by atoms with Crippen LogP contribution in [0.25, 0.3) is 22.3 Å². The van der Waals surface area contributed by atoms with E-state index in [1.165, 1.54) is 17.5 Å². The first-order valence-electron chi connectivity index (χ1n) is 8.36. The molecule has 0 bridgehead atoms. The summed E-state index contributed by atoms with van der Waals surface area (Å²) in [5, 5.41) is 3.91. The molecule has 2 heterocycles. The van der Waals surface area contributed by atoms with E-state index in [1.807, 2.05) is 37.3 Å². The van der Waals surface area contributed by atoms with Gasteiger partial charge < -0.3 is 14.2 Å². The van der Waals surface area contributed by atoms with Crippen molar-refractivity contribution in [3.63, 3.8) is 0 Å². The molecule has 2 aromatic heterocycles. The molecule has 0 unspecified atom stereocenters. The molecular weight excluding hydrogens is 328 g/mol. The second-order valence-electron chi connectivity index (χ2n) is 6.36. The largest absolute Gasteiger partial charge is 0.464 e. The topological polar surface area (TPSA) is 68.3 Å². The lowest BCUT2D eigenvalue weighted by atomic mass is 10.0. The molecule has 5 nitrogen and oxygen atoms in total. The van der Waals surface area contributed by atoms with Crippen LogP contribution in [0.15, 0.2) is 64.1 Å². The van der Waals surface area contributed by atoms with Crippen molar-refractivity contribution < 1.29 is 13.6 Å². The first-order chi connectivity index (χ1) is 12.6. The summed E-state index contributed by atoms with van der Waals surface area (Å²) < 4.78 is 10.9. The highest BCUT2D eigenvalue weighted by molar-refractivity contribution is 5.95. The van der Waals surface area contributed by atoms with Gasteiger partial charge in [0.25, 0.3) is 0 Å². The number of nitrogens with one attached hydrogen (secondary N) is 1. The van der Waals surface area contributed by atoms with E-state index in [1.54, 1.807) is 12.5 Å². The van der Waals surface area contributed by atoms with Crippen molar-refractivity contribution in [3.05, 3.63) is 71.9 Å². The summed E-state index contributed by atoms with van der Waals surface area (Å²) in [6.45, 7) is 4.11. The van der Waals surface area contributed by atoms with Crippen LogP contribution in [0.4, 0.5) is 5.69 Å². The summed E-state index contributed by atoms with van der Waals surface area (Å²) >= 11 is 0. The quantitative estimate of drug-likeness (QED) is 0.571. The molecule has 2 aromatic carbocycles. The molecule has 1 amide bonds. The predicted molar refractivity (Wildman–Crippen MR) is 100.0 cm³/mol. The molecule has 0 saturated heterocycles. The minimum atomic E-state index is -0.0849. The third-order valence-corrected chi connectivity index (χ3v) is 4.51. The lowest BCUT2D eigenvalue weighted by Gasteiger charge is -2.06. The zero-order valence-electron chi connectivity index (χ0n) is 14.6. The van der Waals surface area contributed by atoms with Gasteiger partial charge in [-0.3, -0.25) is 4.79 Å². The van der Waals surface area contributed by atoms with E-state index in [4.69, 9.17) is 8.83 Å². The van der Waals surface area contributed by atoms with E-state index >= 15 is 0 Å². The second-order valence-corrected chi connectivity index (χ2v) is 6.36. The molecule has 0 radical (unpaired) electrons. The monoisotopic (exact) mass is 346 g/mol. The summed E-state index contributed by atoms with van der Waals surface area (Å²) in [7, 11) is 0. The number of fused-ring (bicyclic) bond motifs is 1. The maximum absolute atomic E-state index is 12.4. The van der Waals surface area contributed by atoms with Gasteiger partial charge in [-0.25, -0.2) is 4.98 Å². The minimum Gasteiger partial charge on any atom is -0.464 e. The van der Waals surface area contributed by atoms with Crippen LogP contribution in [-0.4, -0.2) is 10.9 Å². The molecule has 0 aliphatic rings. The SMILES string of the molecule is Cc1cc2occ(CC(=O)Nc3ccc(-c4cnco4)cc3)c2cc1C. The van der Waals surface area contributed by atoms with Crippen LogP contribution in [0.1, 0.15) is 16.7 Å². The summed E-state index contributed by atoms with van der Waals surface area (Å²) in [6, 6.07) is 11.5. The van der Waals surface area contributed by atoms with Gasteiger partial charge in [-0.05, 0) is 61.4 Å². The second kappa shape index (κ2) is 6.52. The smallest absolute Gasteiger partial charge is 0.228 e. The van der Waals surface area contributed by atoms with Crippen molar-refractivity contribution in [2.45, 2.75) is 20.3 Å². The highest BCUT2D eigenvalue weighted by atomic mass is 16.3. The minimum absolute atomic E-state index is 0.0849. The first-order valence-corrected chi connectivity index (χ1v) is 8.36. The summed E-state index contributed by atoms with van der Waals surface area (Å²) in [5.74, 6) is 0.608. The zero-order chi connectivity index (χ0) is 18.1. The number of hydrogen-bond acceptors (Lipinski definition) is 4. The number of carbonyl (C=O) groups is 1. The first kappa shape index (κ1) is 16.1. The highest BCUT2D eigenvalue weighted by Crippen LogP contribution is 2.26. The Bertz CT molecular complexity index is 1060. The van der Waals surface area contributed by atoms with Crippen molar-refractivity contribution in [2.24, 2.45) is 0 Å². The number of benzene rings is 2. The van der Waals surface area contributed by atoms with Gasteiger partial charge in [0.15, 0.2) is 12.2 Å². The number of hydrogen-bond donors (Lipinski definition) is 1. The summed E-state index contributed by atoms with van der Waals surface area (Å²) in [5.41, 5.74) is 5.70. The number of nitrogens with zero attached hydrogens (tertiary/aromatic N) is 1. The normalized spacial score (nSPS) is 11.0. The lowest BCUT2D eigenvalue weighted by molar-refractivity contribution is -0.115. The molecule has 1 N–H and O–H groups in total. The molecule has 5 heteroatoms. The molecule has 4 rings (SSSR count). The molecule has 0 fully saturated rings. The number of rotatable bonds is 4. The Kier molecular flexibility index (Phi) is 4.05. The van der Waals surface area contributed by atoms with Gasteiger partial charge in [-0.2, -0.15) is 0 Å².